The molecule has 4 aliphatic rings. The minimum absolute atomic E-state index is 0.0575. The average molecular weight is 430 g/mol. The van der Waals surface area contributed by atoms with Crippen LogP contribution < -0.4 is 4.74 Å². The first-order chi connectivity index (χ1) is 15.6. The van der Waals surface area contributed by atoms with Crippen LogP contribution in [0.2, 0.25) is 0 Å². The van der Waals surface area contributed by atoms with E-state index in [0.29, 0.717) is 17.7 Å². The Hall–Kier alpha value is -2.89. The van der Waals surface area contributed by atoms with Gasteiger partial charge in [0.15, 0.2) is 6.10 Å². The topological polar surface area (TPSA) is 59.0 Å². The molecule has 2 aliphatic carbocycles. The lowest BCUT2D eigenvalue weighted by Gasteiger charge is -2.56. The standard InChI is InChI=1S/C27H27NO4/c1-28-14-13-27-20-10-11-22(31-23(30)12-7-17-5-3-2-4-6-17)26(27)32-25-19(16-29)9-8-18(24(25)27)15-21(20)28/h2-9,11-12,20-21,26,29H,10,13-16H2,1H3. The number of aliphatic hydroxyl groups excluding tert-OH is 1. The molecule has 2 aromatic carbocycles. The van der Waals surface area contributed by atoms with Gasteiger partial charge in [0.05, 0.1) is 6.61 Å². The number of esters is 1. The van der Waals surface area contributed by atoms with Gasteiger partial charge in [-0.15, -0.1) is 0 Å². The van der Waals surface area contributed by atoms with E-state index >= 15 is 0 Å². The number of carbonyl (C=O) groups is 1. The van der Waals surface area contributed by atoms with Gasteiger partial charge in [0.1, 0.15) is 11.5 Å². The summed E-state index contributed by atoms with van der Waals surface area (Å²) >= 11 is 0. The predicted molar refractivity (Wildman–Crippen MR) is 121 cm³/mol. The van der Waals surface area contributed by atoms with Gasteiger partial charge in [-0.1, -0.05) is 42.5 Å². The summed E-state index contributed by atoms with van der Waals surface area (Å²) < 4.78 is 12.5. The van der Waals surface area contributed by atoms with Crippen LogP contribution in [0.25, 0.3) is 6.08 Å². The van der Waals surface area contributed by atoms with E-state index in [2.05, 4.69) is 24.1 Å². The van der Waals surface area contributed by atoms with E-state index in [4.69, 9.17) is 9.47 Å². The van der Waals surface area contributed by atoms with E-state index in [9.17, 15) is 9.90 Å². The molecule has 1 saturated heterocycles. The highest BCUT2D eigenvalue weighted by molar-refractivity contribution is 5.88. The quantitative estimate of drug-likeness (QED) is 0.595. The molecule has 5 nitrogen and oxygen atoms in total. The number of likely N-dealkylation sites (tertiary alicyclic amines) is 1. The first-order valence-electron chi connectivity index (χ1n) is 11.4. The summed E-state index contributed by atoms with van der Waals surface area (Å²) in [6.45, 7) is 0.927. The third kappa shape index (κ3) is 2.74. The molecule has 2 bridgehead atoms. The minimum atomic E-state index is -0.391. The lowest BCUT2D eigenvalue weighted by Crippen LogP contribution is -2.63. The van der Waals surface area contributed by atoms with Crippen LogP contribution in [0.1, 0.15) is 35.1 Å². The molecule has 0 amide bonds. The summed E-state index contributed by atoms with van der Waals surface area (Å²) in [5, 5.41) is 9.97. The predicted octanol–water partition coefficient (Wildman–Crippen LogP) is 3.60. The highest BCUT2D eigenvalue weighted by Crippen LogP contribution is 2.62. The third-order valence-corrected chi connectivity index (χ3v) is 7.93. The maximum atomic E-state index is 12.7. The van der Waals surface area contributed by atoms with Crippen molar-refractivity contribution < 1.29 is 19.4 Å². The average Bonchev–Trinajstić information content (AvgIpc) is 3.17. The molecule has 164 valence electrons. The number of hydrogen-bond acceptors (Lipinski definition) is 5. The van der Waals surface area contributed by atoms with Crippen LogP contribution in [0, 0.1) is 5.92 Å². The molecular formula is C27H27NO4. The Labute approximate surface area is 188 Å². The zero-order chi connectivity index (χ0) is 21.9. The molecule has 0 saturated carbocycles. The minimum Gasteiger partial charge on any atom is -0.481 e. The van der Waals surface area contributed by atoms with Crippen LogP contribution in [0.4, 0.5) is 0 Å². The van der Waals surface area contributed by atoms with Crippen LogP contribution >= 0.6 is 0 Å². The Morgan fingerprint density at radius 1 is 1.28 bits per heavy atom. The highest BCUT2D eigenvalue weighted by atomic mass is 16.6. The summed E-state index contributed by atoms with van der Waals surface area (Å²) in [7, 11) is 2.21. The summed E-state index contributed by atoms with van der Waals surface area (Å²) in [5.41, 5.74) is 4.14. The van der Waals surface area contributed by atoms with Gasteiger partial charge in [-0.25, -0.2) is 4.79 Å². The second kappa shape index (κ2) is 7.32. The van der Waals surface area contributed by atoms with Crippen LogP contribution in [0.15, 0.2) is 60.4 Å². The molecule has 1 fully saturated rings. The van der Waals surface area contributed by atoms with Gasteiger partial charge in [-0.2, -0.15) is 0 Å². The normalized spacial score (nSPS) is 29.9. The third-order valence-electron chi connectivity index (χ3n) is 7.93. The van der Waals surface area contributed by atoms with Crippen LogP contribution in [0.3, 0.4) is 0 Å². The summed E-state index contributed by atoms with van der Waals surface area (Å²) in [4.78, 5) is 15.2. The van der Waals surface area contributed by atoms with Crippen molar-refractivity contribution in [3.05, 3.63) is 82.6 Å². The van der Waals surface area contributed by atoms with Crippen molar-refractivity contribution in [1.29, 1.82) is 0 Å². The molecular weight excluding hydrogens is 402 g/mol. The Morgan fingerprint density at radius 2 is 2.12 bits per heavy atom. The van der Waals surface area contributed by atoms with Crippen molar-refractivity contribution in [1.82, 2.24) is 4.90 Å². The van der Waals surface area contributed by atoms with E-state index < -0.39 is 5.97 Å². The Morgan fingerprint density at radius 3 is 2.94 bits per heavy atom. The molecule has 1 spiro atoms. The fourth-order valence-electron chi connectivity index (χ4n) is 6.49. The van der Waals surface area contributed by atoms with Gasteiger partial charge < -0.3 is 19.5 Å². The molecule has 0 radical (unpaired) electrons. The monoisotopic (exact) mass is 429 g/mol. The van der Waals surface area contributed by atoms with Crippen LogP contribution in [0.5, 0.6) is 5.75 Å². The second-order valence-corrected chi connectivity index (χ2v) is 9.40. The van der Waals surface area contributed by atoms with E-state index in [1.165, 1.54) is 17.2 Å². The van der Waals surface area contributed by atoms with Gasteiger partial charge >= 0.3 is 5.97 Å². The van der Waals surface area contributed by atoms with Crippen molar-refractivity contribution in [3.63, 3.8) is 0 Å². The number of allylic oxidation sites excluding steroid dienone is 1. The highest BCUT2D eigenvalue weighted by Gasteiger charge is 2.64. The Bertz CT molecular complexity index is 1140. The summed E-state index contributed by atoms with van der Waals surface area (Å²) in [5.74, 6) is 1.44. The van der Waals surface area contributed by atoms with Crippen molar-refractivity contribution in [2.24, 2.45) is 5.92 Å². The molecule has 6 rings (SSSR count). The smallest absolute Gasteiger partial charge is 0.335 e. The molecule has 32 heavy (non-hydrogen) atoms. The number of carbonyl (C=O) groups excluding carboxylic acids is 1. The molecule has 0 aromatic heterocycles. The summed E-state index contributed by atoms with van der Waals surface area (Å²) in [6, 6.07) is 14.3. The van der Waals surface area contributed by atoms with Gasteiger partial charge in [0, 0.05) is 28.7 Å². The Kier molecular flexibility index (Phi) is 4.52. The lowest BCUT2D eigenvalue weighted by molar-refractivity contribution is -0.136. The van der Waals surface area contributed by atoms with Crippen molar-refractivity contribution in [3.8, 4) is 5.75 Å². The number of hydrogen-bond donors (Lipinski definition) is 1. The van der Waals surface area contributed by atoms with Crippen LogP contribution in [-0.2, 0) is 28.0 Å². The molecule has 5 heteroatoms. The Balaban J connectivity index is 1.37. The first kappa shape index (κ1) is 19.8. The second-order valence-electron chi connectivity index (χ2n) is 9.40. The molecule has 2 aliphatic heterocycles. The largest absolute Gasteiger partial charge is 0.481 e. The number of benzene rings is 2. The number of likely N-dealkylation sites (N-methyl/N-ethyl adjacent to an activating group) is 1. The van der Waals surface area contributed by atoms with Gasteiger partial charge in [0.25, 0.3) is 0 Å². The summed E-state index contributed by atoms with van der Waals surface area (Å²) in [6.07, 6.45) is 7.80. The molecule has 2 aromatic rings. The number of rotatable bonds is 4. The fraction of sp³-hybridized carbons (Fsp3) is 0.370. The molecule has 4 unspecified atom stereocenters. The van der Waals surface area contributed by atoms with Crippen molar-refractivity contribution in [2.45, 2.75) is 43.4 Å². The number of ether oxygens (including phenoxy) is 2. The van der Waals surface area contributed by atoms with Crippen LogP contribution in [-0.4, -0.2) is 41.7 Å². The van der Waals surface area contributed by atoms with Crippen molar-refractivity contribution in [2.75, 3.05) is 13.6 Å². The zero-order valence-corrected chi connectivity index (χ0v) is 18.2. The maximum absolute atomic E-state index is 12.7. The molecule has 1 N–H and O–H groups in total. The SMILES string of the molecule is CN1CCC23c4c5ccc(CO)c4OC2C(OC(=O)C=Cc2ccccc2)=CCC3C1C5. The van der Waals surface area contributed by atoms with Gasteiger partial charge in [0.2, 0.25) is 0 Å². The van der Waals surface area contributed by atoms with Crippen molar-refractivity contribution >= 4 is 12.0 Å². The lowest BCUT2D eigenvalue weighted by atomic mass is 9.53. The van der Waals surface area contributed by atoms with Gasteiger partial charge in [-0.05, 0) is 62.1 Å². The maximum Gasteiger partial charge on any atom is 0.335 e. The first-order valence-corrected chi connectivity index (χ1v) is 11.4. The van der Waals surface area contributed by atoms with E-state index in [1.54, 1.807) is 6.08 Å². The number of aliphatic hydroxyl groups is 1. The zero-order valence-electron chi connectivity index (χ0n) is 18.2. The van der Waals surface area contributed by atoms with Gasteiger partial charge in [-0.3, -0.25) is 0 Å². The number of piperidine rings is 1. The van der Waals surface area contributed by atoms with E-state index in [-0.39, 0.29) is 18.1 Å². The van der Waals surface area contributed by atoms with E-state index in [0.717, 1.165) is 42.7 Å². The number of nitrogens with zero attached hydrogens (tertiary/aromatic N) is 1. The van der Waals surface area contributed by atoms with E-state index in [1.807, 2.05) is 36.4 Å². The fourth-order valence-corrected chi connectivity index (χ4v) is 6.49. The molecule has 4 atom stereocenters. The molecule has 2 heterocycles.